The minimum atomic E-state index is -0.553. The Labute approximate surface area is 146 Å². The summed E-state index contributed by atoms with van der Waals surface area (Å²) in [5, 5.41) is 3.70. The van der Waals surface area contributed by atoms with Gasteiger partial charge in [-0.05, 0) is 6.07 Å². The quantitative estimate of drug-likeness (QED) is 0.512. The highest BCUT2D eigenvalue weighted by molar-refractivity contribution is 5.83. The van der Waals surface area contributed by atoms with Crippen molar-refractivity contribution >= 4 is 23.3 Å². The number of nitrogens with one attached hydrogen (secondary N) is 1. The number of carbonyl (C=O) groups is 1. The van der Waals surface area contributed by atoms with E-state index in [1.54, 1.807) is 12.1 Å². The third-order valence-corrected chi connectivity index (χ3v) is 3.83. The van der Waals surface area contributed by atoms with E-state index in [9.17, 15) is 18.8 Å². The SMILES string of the molecule is Cn1c(=O)c2c(ncn2CC(=O)N/N=C/c2ccccc2F)n(C)c1=O. The molecule has 134 valence electrons. The predicted molar refractivity (Wildman–Crippen MR) is 92.4 cm³/mol. The standard InChI is InChI=1S/C16H15FN6O3/c1-21-14-13(15(25)22(2)16(21)26)23(9-18-14)8-12(24)20-19-7-10-5-3-4-6-11(10)17/h3-7,9H,8H2,1-2H3,(H,20,24)/b19-7+. The number of aromatic nitrogens is 4. The number of carbonyl (C=O) groups excluding carboxylic acids is 1. The van der Waals surface area contributed by atoms with Gasteiger partial charge in [-0.25, -0.2) is 19.6 Å². The van der Waals surface area contributed by atoms with Gasteiger partial charge in [-0.15, -0.1) is 0 Å². The molecule has 3 aromatic rings. The van der Waals surface area contributed by atoms with Gasteiger partial charge in [-0.1, -0.05) is 18.2 Å². The first kappa shape index (κ1) is 17.3. The Kier molecular flexibility index (Phi) is 4.48. The van der Waals surface area contributed by atoms with Gasteiger partial charge in [0, 0.05) is 19.7 Å². The zero-order valence-electron chi connectivity index (χ0n) is 14.0. The second kappa shape index (κ2) is 6.75. The molecule has 0 aliphatic rings. The fourth-order valence-corrected chi connectivity index (χ4v) is 2.46. The molecule has 2 heterocycles. The van der Waals surface area contributed by atoms with Crippen molar-refractivity contribution in [1.82, 2.24) is 24.1 Å². The van der Waals surface area contributed by atoms with E-state index in [4.69, 9.17) is 0 Å². The first-order valence-corrected chi connectivity index (χ1v) is 7.57. The molecule has 0 fully saturated rings. The summed E-state index contributed by atoms with van der Waals surface area (Å²) in [7, 11) is 2.83. The normalized spacial score (nSPS) is 11.3. The number of amides is 1. The first-order chi connectivity index (χ1) is 12.4. The van der Waals surface area contributed by atoms with Crippen molar-refractivity contribution < 1.29 is 9.18 Å². The van der Waals surface area contributed by atoms with Gasteiger partial charge in [0.05, 0.1) is 12.5 Å². The molecule has 0 saturated heterocycles. The van der Waals surface area contributed by atoms with Gasteiger partial charge < -0.3 is 4.57 Å². The molecule has 0 aliphatic heterocycles. The Morgan fingerprint density at radius 2 is 2.00 bits per heavy atom. The van der Waals surface area contributed by atoms with Crippen molar-refractivity contribution in [3.8, 4) is 0 Å². The summed E-state index contributed by atoms with van der Waals surface area (Å²) in [5.74, 6) is -0.997. The molecule has 0 atom stereocenters. The number of benzene rings is 1. The van der Waals surface area contributed by atoms with E-state index in [1.807, 2.05) is 0 Å². The zero-order chi connectivity index (χ0) is 18.8. The number of rotatable bonds is 4. The predicted octanol–water partition coefficient (Wildman–Crippen LogP) is -0.277. The Bertz CT molecular complexity index is 1140. The third-order valence-electron chi connectivity index (χ3n) is 3.83. The van der Waals surface area contributed by atoms with Crippen molar-refractivity contribution in [3.05, 3.63) is 62.8 Å². The number of hydrazone groups is 1. The number of hydrogen-bond donors (Lipinski definition) is 1. The summed E-state index contributed by atoms with van der Waals surface area (Å²) in [4.78, 5) is 40.2. The molecular formula is C16H15FN6O3. The fraction of sp³-hybridized carbons (Fsp3) is 0.188. The number of hydrogen-bond acceptors (Lipinski definition) is 5. The molecule has 3 rings (SSSR count). The van der Waals surface area contributed by atoms with E-state index in [-0.39, 0.29) is 23.3 Å². The van der Waals surface area contributed by atoms with Crippen LogP contribution in [-0.2, 0) is 25.4 Å². The summed E-state index contributed by atoms with van der Waals surface area (Å²) in [5.41, 5.74) is 1.73. The minimum Gasteiger partial charge on any atom is -0.315 e. The maximum atomic E-state index is 13.5. The van der Waals surface area contributed by atoms with Gasteiger partial charge in [-0.2, -0.15) is 5.10 Å². The first-order valence-electron chi connectivity index (χ1n) is 7.57. The Morgan fingerprint density at radius 3 is 2.73 bits per heavy atom. The lowest BCUT2D eigenvalue weighted by Crippen LogP contribution is -2.38. The van der Waals surface area contributed by atoms with Crippen LogP contribution in [-0.4, -0.2) is 30.8 Å². The summed E-state index contributed by atoms with van der Waals surface area (Å²) in [6.45, 7) is -0.238. The molecule has 0 spiro atoms. The van der Waals surface area contributed by atoms with Gasteiger partial charge in [-0.3, -0.25) is 18.7 Å². The molecule has 0 unspecified atom stereocenters. The van der Waals surface area contributed by atoms with Crippen LogP contribution >= 0.6 is 0 Å². The van der Waals surface area contributed by atoms with Crippen molar-refractivity contribution in [2.75, 3.05) is 0 Å². The average molecular weight is 358 g/mol. The van der Waals surface area contributed by atoms with E-state index >= 15 is 0 Å². The van der Waals surface area contributed by atoms with E-state index in [0.29, 0.717) is 0 Å². The van der Waals surface area contributed by atoms with Gasteiger partial charge in [0.15, 0.2) is 11.2 Å². The molecule has 1 N–H and O–H groups in total. The molecule has 9 nitrogen and oxygen atoms in total. The van der Waals surface area contributed by atoms with Crippen LogP contribution in [0, 0.1) is 5.82 Å². The van der Waals surface area contributed by atoms with Crippen LogP contribution in [0.2, 0.25) is 0 Å². The summed E-state index contributed by atoms with van der Waals surface area (Å²) >= 11 is 0. The lowest BCUT2D eigenvalue weighted by molar-refractivity contribution is -0.121. The van der Waals surface area contributed by atoms with Gasteiger partial charge in [0.1, 0.15) is 12.4 Å². The van der Waals surface area contributed by atoms with Gasteiger partial charge in [0.2, 0.25) is 0 Å². The van der Waals surface area contributed by atoms with Gasteiger partial charge >= 0.3 is 5.69 Å². The molecule has 1 amide bonds. The average Bonchev–Trinajstić information content (AvgIpc) is 3.03. The Morgan fingerprint density at radius 1 is 1.27 bits per heavy atom. The van der Waals surface area contributed by atoms with Crippen LogP contribution in [0.3, 0.4) is 0 Å². The largest absolute Gasteiger partial charge is 0.332 e. The highest BCUT2D eigenvalue weighted by Crippen LogP contribution is 2.05. The van der Waals surface area contributed by atoms with Crippen molar-refractivity contribution in [2.45, 2.75) is 6.54 Å². The van der Waals surface area contributed by atoms with Crippen LogP contribution in [0.4, 0.5) is 4.39 Å². The van der Waals surface area contributed by atoms with Crippen molar-refractivity contribution in [3.63, 3.8) is 0 Å². The van der Waals surface area contributed by atoms with Crippen LogP contribution in [0.1, 0.15) is 5.56 Å². The summed E-state index contributed by atoms with van der Waals surface area (Å²) in [6.07, 6.45) is 2.48. The number of aryl methyl sites for hydroxylation is 1. The highest BCUT2D eigenvalue weighted by Gasteiger charge is 2.15. The number of halogens is 1. The maximum Gasteiger partial charge on any atom is 0.332 e. The number of nitrogens with zero attached hydrogens (tertiary/aromatic N) is 5. The fourth-order valence-electron chi connectivity index (χ4n) is 2.46. The molecule has 10 heteroatoms. The molecule has 2 aromatic heterocycles. The summed E-state index contributed by atoms with van der Waals surface area (Å²) in [6, 6.07) is 5.98. The van der Waals surface area contributed by atoms with Gasteiger partial charge in [0.25, 0.3) is 11.5 Å². The lowest BCUT2D eigenvalue weighted by Gasteiger charge is -2.06. The van der Waals surface area contributed by atoms with E-state index in [2.05, 4.69) is 15.5 Å². The van der Waals surface area contributed by atoms with E-state index in [0.717, 1.165) is 4.57 Å². The molecular weight excluding hydrogens is 343 g/mol. The highest BCUT2D eigenvalue weighted by atomic mass is 19.1. The van der Waals surface area contributed by atoms with E-state index in [1.165, 1.54) is 47.9 Å². The topological polar surface area (TPSA) is 103 Å². The monoisotopic (exact) mass is 358 g/mol. The van der Waals surface area contributed by atoms with Crippen molar-refractivity contribution in [1.29, 1.82) is 0 Å². The Balaban J connectivity index is 1.81. The van der Waals surface area contributed by atoms with Crippen LogP contribution in [0.5, 0.6) is 0 Å². The van der Waals surface area contributed by atoms with Crippen LogP contribution < -0.4 is 16.7 Å². The number of imidazole rings is 1. The van der Waals surface area contributed by atoms with Crippen molar-refractivity contribution in [2.24, 2.45) is 19.2 Å². The minimum absolute atomic E-state index is 0.128. The molecule has 0 radical (unpaired) electrons. The van der Waals surface area contributed by atoms with Crippen LogP contribution in [0.15, 0.2) is 45.3 Å². The molecule has 1 aromatic carbocycles. The second-order valence-electron chi connectivity index (χ2n) is 5.57. The number of fused-ring (bicyclic) bond motifs is 1. The smallest absolute Gasteiger partial charge is 0.315 e. The zero-order valence-corrected chi connectivity index (χ0v) is 14.0. The lowest BCUT2D eigenvalue weighted by atomic mass is 10.2. The Hall–Kier alpha value is -3.56. The maximum absolute atomic E-state index is 13.5. The molecule has 26 heavy (non-hydrogen) atoms. The van der Waals surface area contributed by atoms with E-state index < -0.39 is 23.0 Å². The summed E-state index contributed by atoms with van der Waals surface area (Å²) < 4.78 is 17.0. The third kappa shape index (κ3) is 3.04. The molecule has 0 saturated carbocycles. The van der Waals surface area contributed by atoms with Crippen LogP contribution in [0.25, 0.3) is 11.2 Å². The molecule has 0 bridgehead atoms. The second-order valence-corrected chi connectivity index (χ2v) is 5.57. The molecule has 0 aliphatic carbocycles.